The summed E-state index contributed by atoms with van der Waals surface area (Å²) in [6, 6.07) is 6.30. The van der Waals surface area contributed by atoms with Crippen molar-refractivity contribution in [3.8, 4) is 0 Å². The average molecular weight is 294 g/mol. The highest BCUT2D eigenvalue weighted by Crippen LogP contribution is 2.40. The monoisotopic (exact) mass is 294 g/mol. The van der Waals surface area contributed by atoms with E-state index in [2.05, 4.69) is 0 Å². The Morgan fingerprint density at radius 1 is 1.30 bits per heavy atom. The van der Waals surface area contributed by atoms with Crippen LogP contribution >= 0.6 is 11.8 Å². The van der Waals surface area contributed by atoms with E-state index in [4.69, 9.17) is 4.74 Å². The molecule has 2 aliphatic rings. The molecule has 2 nitrogen and oxygen atoms in total. The van der Waals surface area contributed by atoms with Gasteiger partial charge in [0, 0.05) is 12.5 Å². The Balaban J connectivity index is 1.77. The van der Waals surface area contributed by atoms with Crippen molar-refractivity contribution in [1.82, 2.24) is 0 Å². The molecular weight excluding hydrogens is 275 g/mol. The first-order valence-electron chi connectivity index (χ1n) is 7.21. The number of benzene rings is 1. The Morgan fingerprint density at radius 2 is 2.05 bits per heavy atom. The van der Waals surface area contributed by atoms with E-state index in [0.717, 1.165) is 30.8 Å². The lowest BCUT2D eigenvalue weighted by atomic mass is 9.78. The molecule has 1 aromatic rings. The summed E-state index contributed by atoms with van der Waals surface area (Å²) in [6.07, 6.45) is 3.49. The fourth-order valence-electron chi connectivity index (χ4n) is 3.22. The number of ketones is 1. The summed E-state index contributed by atoms with van der Waals surface area (Å²) in [5.41, 5.74) is 0.106. The fourth-order valence-corrected chi connectivity index (χ4v) is 4.46. The number of hydrogen-bond donors (Lipinski definition) is 0. The van der Waals surface area contributed by atoms with E-state index >= 15 is 0 Å². The van der Waals surface area contributed by atoms with Gasteiger partial charge < -0.3 is 4.74 Å². The van der Waals surface area contributed by atoms with Crippen molar-refractivity contribution in [2.45, 2.75) is 31.3 Å². The molecule has 0 N–H and O–H groups in total. The van der Waals surface area contributed by atoms with Gasteiger partial charge >= 0.3 is 0 Å². The topological polar surface area (TPSA) is 26.3 Å². The van der Waals surface area contributed by atoms with Crippen LogP contribution < -0.4 is 0 Å². The van der Waals surface area contributed by atoms with Gasteiger partial charge in [0.25, 0.3) is 0 Å². The molecule has 2 fully saturated rings. The molecule has 20 heavy (non-hydrogen) atoms. The highest BCUT2D eigenvalue weighted by atomic mass is 32.2. The molecule has 1 atom stereocenters. The minimum Gasteiger partial charge on any atom is -0.375 e. The van der Waals surface area contributed by atoms with Gasteiger partial charge in [0.2, 0.25) is 0 Å². The fraction of sp³-hybridized carbons (Fsp3) is 0.562. The van der Waals surface area contributed by atoms with Crippen molar-refractivity contribution in [3.63, 3.8) is 0 Å². The van der Waals surface area contributed by atoms with Gasteiger partial charge in [-0.25, -0.2) is 4.39 Å². The van der Waals surface area contributed by atoms with E-state index in [9.17, 15) is 9.18 Å². The Kier molecular flexibility index (Phi) is 4.13. The zero-order valence-electron chi connectivity index (χ0n) is 11.4. The minimum atomic E-state index is -0.405. The van der Waals surface area contributed by atoms with E-state index in [1.165, 1.54) is 6.07 Å². The van der Waals surface area contributed by atoms with E-state index < -0.39 is 5.82 Å². The highest BCUT2D eigenvalue weighted by molar-refractivity contribution is 7.99. The maximum absolute atomic E-state index is 13.8. The Morgan fingerprint density at radius 3 is 2.80 bits per heavy atom. The number of halogens is 1. The summed E-state index contributed by atoms with van der Waals surface area (Å²) in [5, 5.41) is 0. The second kappa shape index (κ2) is 5.86. The molecule has 0 amide bonds. The van der Waals surface area contributed by atoms with Gasteiger partial charge in [-0.15, -0.1) is 0 Å². The van der Waals surface area contributed by atoms with E-state index in [-0.39, 0.29) is 22.9 Å². The lowest BCUT2D eigenvalue weighted by molar-refractivity contribution is -0.0960. The first-order chi connectivity index (χ1) is 9.70. The van der Waals surface area contributed by atoms with Crippen molar-refractivity contribution < 1.29 is 13.9 Å². The summed E-state index contributed by atoms with van der Waals surface area (Å²) >= 11 is 1.95. The quantitative estimate of drug-likeness (QED) is 0.778. The summed E-state index contributed by atoms with van der Waals surface area (Å²) in [5.74, 6) is 1.64. The summed E-state index contributed by atoms with van der Waals surface area (Å²) in [4.78, 5) is 12.5. The van der Waals surface area contributed by atoms with Gasteiger partial charge in [-0.2, -0.15) is 11.8 Å². The number of thioether (sulfide) groups is 1. The molecule has 1 unspecified atom stereocenters. The summed E-state index contributed by atoms with van der Waals surface area (Å²) < 4.78 is 19.8. The smallest absolute Gasteiger partial charge is 0.169 e. The molecule has 0 bridgehead atoms. The van der Waals surface area contributed by atoms with Crippen molar-refractivity contribution in [1.29, 1.82) is 0 Å². The van der Waals surface area contributed by atoms with Crippen LogP contribution in [0.15, 0.2) is 24.3 Å². The Labute approximate surface area is 123 Å². The van der Waals surface area contributed by atoms with Gasteiger partial charge in [-0.1, -0.05) is 12.1 Å². The Bertz CT molecular complexity index is 491. The van der Waals surface area contributed by atoms with Gasteiger partial charge in [0.1, 0.15) is 5.82 Å². The number of rotatable bonds is 2. The van der Waals surface area contributed by atoms with Crippen LogP contribution in [0.2, 0.25) is 0 Å². The number of carbonyl (C=O) groups is 1. The lowest BCUT2D eigenvalue weighted by Gasteiger charge is -2.42. The van der Waals surface area contributed by atoms with Gasteiger partial charge in [0.05, 0.1) is 11.2 Å². The van der Waals surface area contributed by atoms with Gasteiger partial charge in [-0.3, -0.25) is 4.79 Å². The third-order valence-corrected chi connectivity index (χ3v) is 5.39. The summed E-state index contributed by atoms with van der Waals surface area (Å²) in [7, 11) is 0. The molecule has 4 heteroatoms. The minimum absolute atomic E-state index is 0.0519. The zero-order chi connectivity index (χ0) is 14.0. The number of ether oxygens (including phenoxy) is 1. The van der Waals surface area contributed by atoms with Crippen LogP contribution in [0.1, 0.15) is 36.0 Å². The van der Waals surface area contributed by atoms with Crippen LogP contribution in [-0.2, 0) is 4.74 Å². The molecule has 0 aliphatic carbocycles. The van der Waals surface area contributed by atoms with Crippen LogP contribution in [0.4, 0.5) is 4.39 Å². The number of Topliss-reactive ketones (excluding diaryl/α,β-unsaturated/α-hetero) is 1. The number of hydrogen-bond acceptors (Lipinski definition) is 3. The molecule has 0 radical (unpaired) electrons. The molecule has 0 aromatic heterocycles. The molecule has 0 saturated carbocycles. The molecule has 1 spiro atoms. The van der Waals surface area contributed by atoms with Crippen LogP contribution in [-0.4, -0.2) is 29.5 Å². The van der Waals surface area contributed by atoms with Crippen molar-refractivity contribution in [2.75, 3.05) is 18.1 Å². The van der Waals surface area contributed by atoms with Crippen LogP contribution in [0.25, 0.3) is 0 Å². The Hall–Kier alpha value is -0.870. The van der Waals surface area contributed by atoms with Gasteiger partial charge in [-0.05, 0) is 49.3 Å². The third-order valence-electron chi connectivity index (χ3n) is 4.41. The molecule has 2 aliphatic heterocycles. The third kappa shape index (κ3) is 2.77. The molecule has 108 valence electrons. The summed E-state index contributed by atoms with van der Waals surface area (Å²) in [6.45, 7) is 0.621. The number of carbonyl (C=O) groups excluding carboxylic acids is 1. The SMILES string of the molecule is O=C(c1ccccc1F)C1CCOC2(CCSCC2)C1. The molecule has 2 saturated heterocycles. The second-order valence-corrected chi connectivity index (χ2v) is 6.90. The van der Waals surface area contributed by atoms with E-state index in [1.807, 2.05) is 11.8 Å². The predicted octanol–water partition coefficient (Wildman–Crippen LogP) is 3.70. The van der Waals surface area contributed by atoms with Crippen LogP contribution in [0.5, 0.6) is 0 Å². The molecular formula is C16H19FO2S. The molecule has 3 rings (SSSR count). The van der Waals surface area contributed by atoms with E-state index in [0.29, 0.717) is 13.0 Å². The van der Waals surface area contributed by atoms with Crippen LogP contribution in [0.3, 0.4) is 0 Å². The second-order valence-electron chi connectivity index (χ2n) is 5.68. The van der Waals surface area contributed by atoms with Crippen molar-refractivity contribution in [3.05, 3.63) is 35.6 Å². The first kappa shape index (κ1) is 14.1. The first-order valence-corrected chi connectivity index (χ1v) is 8.36. The standard InChI is InChI=1S/C16H19FO2S/c17-14-4-2-1-3-13(14)15(18)12-5-8-19-16(11-12)6-9-20-10-7-16/h1-4,12H,5-11H2. The average Bonchev–Trinajstić information content (AvgIpc) is 2.48. The molecule has 2 heterocycles. The lowest BCUT2D eigenvalue weighted by Crippen LogP contribution is -2.44. The van der Waals surface area contributed by atoms with Crippen LogP contribution in [0, 0.1) is 11.7 Å². The maximum Gasteiger partial charge on any atom is 0.169 e. The van der Waals surface area contributed by atoms with Crippen molar-refractivity contribution in [2.24, 2.45) is 5.92 Å². The normalized spacial score (nSPS) is 25.6. The largest absolute Gasteiger partial charge is 0.375 e. The highest BCUT2D eigenvalue weighted by Gasteiger charge is 2.41. The predicted molar refractivity (Wildman–Crippen MR) is 78.7 cm³/mol. The van der Waals surface area contributed by atoms with Gasteiger partial charge in [0.15, 0.2) is 5.78 Å². The maximum atomic E-state index is 13.8. The zero-order valence-corrected chi connectivity index (χ0v) is 12.3. The van der Waals surface area contributed by atoms with E-state index in [1.54, 1.807) is 18.2 Å². The molecule has 1 aromatic carbocycles. The van der Waals surface area contributed by atoms with Crippen molar-refractivity contribution >= 4 is 17.5 Å².